The number of anilines is 2. The predicted octanol–water partition coefficient (Wildman–Crippen LogP) is 4.30. The lowest BCUT2D eigenvalue weighted by atomic mass is 10.1. The second-order valence-corrected chi connectivity index (χ2v) is 8.70. The van der Waals surface area contributed by atoms with Crippen molar-refractivity contribution < 1.29 is 9.59 Å². The maximum absolute atomic E-state index is 13.4. The van der Waals surface area contributed by atoms with Crippen molar-refractivity contribution in [3.05, 3.63) is 82.7 Å². The monoisotopic (exact) mass is 458 g/mol. The lowest BCUT2D eigenvalue weighted by molar-refractivity contribution is -0.122. The number of carbonyl (C=O) groups is 2. The van der Waals surface area contributed by atoms with Crippen LogP contribution in [0, 0.1) is 20.8 Å². The Hall–Kier alpha value is -3.71. The number of carbonyl (C=O) groups excluding carboxylic acids is 2. The van der Waals surface area contributed by atoms with Gasteiger partial charge in [0, 0.05) is 36.9 Å². The number of amides is 2. The van der Waals surface area contributed by atoms with Crippen LogP contribution in [0.4, 0.5) is 11.4 Å². The van der Waals surface area contributed by atoms with E-state index in [1.54, 1.807) is 6.08 Å². The van der Waals surface area contributed by atoms with Crippen LogP contribution in [-0.2, 0) is 9.59 Å². The second-order valence-electron chi connectivity index (χ2n) is 8.32. The van der Waals surface area contributed by atoms with Crippen LogP contribution < -0.4 is 15.1 Å². The Labute approximate surface area is 199 Å². The molecule has 1 N–H and O–H groups in total. The van der Waals surface area contributed by atoms with Crippen molar-refractivity contribution in [2.45, 2.75) is 20.8 Å². The van der Waals surface area contributed by atoms with Crippen molar-refractivity contribution in [1.29, 1.82) is 0 Å². The van der Waals surface area contributed by atoms with Crippen molar-refractivity contribution in [3.63, 3.8) is 0 Å². The van der Waals surface area contributed by atoms with E-state index in [2.05, 4.69) is 34.1 Å². The molecule has 6 nitrogen and oxygen atoms in total. The molecule has 0 unspecified atom stereocenters. The number of aryl methyl sites for hydroxylation is 2. The molecule has 1 saturated heterocycles. The molecule has 33 heavy (non-hydrogen) atoms. The first-order chi connectivity index (χ1) is 15.7. The van der Waals surface area contributed by atoms with Crippen LogP contribution in [0.15, 0.2) is 60.2 Å². The molecule has 168 valence electrons. The van der Waals surface area contributed by atoms with Crippen LogP contribution in [0.2, 0.25) is 0 Å². The van der Waals surface area contributed by atoms with E-state index in [4.69, 9.17) is 12.2 Å². The van der Waals surface area contributed by atoms with Crippen molar-refractivity contribution in [1.82, 2.24) is 9.88 Å². The largest absolute Gasteiger partial charge is 0.378 e. The predicted molar refractivity (Wildman–Crippen MR) is 137 cm³/mol. The summed E-state index contributed by atoms with van der Waals surface area (Å²) in [7, 11) is 4.01. The average molecular weight is 459 g/mol. The van der Waals surface area contributed by atoms with Gasteiger partial charge in [0.2, 0.25) is 0 Å². The summed E-state index contributed by atoms with van der Waals surface area (Å²) in [5.41, 5.74) is 6.48. The zero-order valence-corrected chi connectivity index (χ0v) is 20.2. The van der Waals surface area contributed by atoms with Crippen molar-refractivity contribution in [2.24, 2.45) is 0 Å². The third-order valence-electron chi connectivity index (χ3n) is 5.85. The van der Waals surface area contributed by atoms with Crippen LogP contribution >= 0.6 is 12.2 Å². The molecule has 0 atom stereocenters. The molecule has 0 spiro atoms. The fourth-order valence-electron chi connectivity index (χ4n) is 4.08. The molecule has 0 aliphatic carbocycles. The van der Waals surface area contributed by atoms with Gasteiger partial charge in [-0.25, -0.2) is 0 Å². The first-order valence-electron chi connectivity index (χ1n) is 10.6. The summed E-state index contributed by atoms with van der Waals surface area (Å²) < 4.78 is 2.11. The first kappa shape index (κ1) is 22.5. The van der Waals surface area contributed by atoms with Gasteiger partial charge in [-0.05, 0) is 86.6 Å². The lowest BCUT2D eigenvalue weighted by Gasteiger charge is -2.30. The molecular weight excluding hydrogens is 432 g/mol. The molecule has 7 heteroatoms. The van der Waals surface area contributed by atoms with Crippen LogP contribution in [-0.4, -0.2) is 35.6 Å². The fourth-order valence-corrected chi connectivity index (χ4v) is 4.35. The summed E-state index contributed by atoms with van der Waals surface area (Å²) in [5, 5.41) is 2.75. The van der Waals surface area contributed by atoms with Crippen LogP contribution in [0.25, 0.3) is 11.8 Å². The Morgan fingerprint density at radius 3 is 2.27 bits per heavy atom. The minimum atomic E-state index is -0.491. The molecule has 0 saturated carbocycles. The van der Waals surface area contributed by atoms with Gasteiger partial charge in [-0.15, -0.1) is 0 Å². The quantitative estimate of drug-likeness (QED) is 0.360. The van der Waals surface area contributed by atoms with Crippen molar-refractivity contribution in [3.8, 4) is 5.69 Å². The topological polar surface area (TPSA) is 57.6 Å². The minimum Gasteiger partial charge on any atom is -0.378 e. The molecule has 2 heterocycles. The van der Waals surface area contributed by atoms with E-state index in [9.17, 15) is 9.59 Å². The molecule has 1 fully saturated rings. The van der Waals surface area contributed by atoms with Gasteiger partial charge in [0.05, 0.1) is 5.69 Å². The molecule has 0 bridgehead atoms. The Kier molecular flexibility index (Phi) is 5.91. The average Bonchev–Trinajstić information content (AvgIpc) is 3.05. The van der Waals surface area contributed by atoms with E-state index in [0.29, 0.717) is 5.69 Å². The smallest absolute Gasteiger partial charge is 0.270 e. The molecular formula is C26H26N4O2S. The van der Waals surface area contributed by atoms with Gasteiger partial charge < -0.3 is 9.47 Å². The van der Waals surface area contributed by atoms with Gasteiger partial charge in [-0.1, -0.05) is 18.2 Å². The molecule has 2 amide bonds. The van der Waals surface area contributed by atoms with E-state index in [0.717, 1.165) is 33.9 Å². The summed E-state index contributed by atoms with van der Waals surface area (Å²) in [4.78, 5) is 29.5. The summed E-state index contributed by atoms with van der Waals surface area (Å²) in [6.07, 6.45) is 1.65. The van der Waals surface area contributed by atoms with Crippen LogP contribution in [0.1, 0.15) is 22.5 Å². The van der Waals surface area contributed by atoms with Gasteiger partial charge in [-0.3, -0.25) is 19.8 Å². The molecule has 0 radical (unpaired) electrons. The van der Waals surface area contributed by atoms with E-state index >= 15 is 0 Å². The standard InChI is InChI=1S/C26H26N4O2S/c1-16-8-6-7-9-23(16)30-25(32)22(24(31)27-26(30)33)15-19-14-17(2)29(18(19)3)21-12-10-20(11-13-21)28(4)5/h6-15H,1-5H3,(H,27,31,33)/b22-15+. The van der Waals surface area contributed by atoms with Crippen molar-refractivity contribution >= 4 is 46.6 Å². The first-order valence-corrected chi connectivity index (χ1v) is 11.0. The van der Waals surface area contributed by atoms with Crippen LogP contribution in [0.3, 0.4) is 0 Å². The number of rotatable bonds is 4. The van der Waals surface area contributed by atoms with Gasteiger partial charge in [0.1, 0.15) is 5.57 Å². The highest BCUT2D eigenvalue weighted by Crippen LogP contribution is 2.28. The third kappa shape index (κ3) is 4.07. The maximum atomic E-state index is 13.4. The normalized spacial score (nSPS) is 15.2. The zero-order valence-electron chi connectivity index (χ0n) is 19.3. The van der Waals surface area contributed by atoms with Crippen molar-refractivity contribution in [2.75, 3.05) is 23.9 Å². The van der Waals surface area contributed by atoms with Crippen LogP contribution in [0.5, 0.6) is 0 Å². The Balaban J connectivity index is 1.74. The number of thiocarbonyl (C=S) groups is 1. The molecule has 2 aromatic carbocycles. The van der Waals surface area contributed by atoms with Gasteiger partial charge >= 0.3 is 0 Å². The number of nitrogens with one attached hydrogen (secondary N) is 1. The maximum Gasteiger partial charge on any atom is 0.270 e. The van der Waals surface area contributed by atoms with Gasteiger partial charge in [0.15, 0.2) is 5.11 Å². The summed E-state index contributed by atoms with van der Waals surface area (Å²) in [5.74, 6) is -0.923. The minimum absolute atomic E-state index is 0.0510. The van der Waals surface area contributed by atoms with Gasteiger partial charge in [0.25, 0.3) is 11.8 Å². The van der Waals surface area contributed by atoms with E-state index in [-0.39, 0.29) is 10.7 Å². The van der Waals surface area contributed by atoms with E-state index < -0.39 is 11.8 Å². The fraction of sp³-hybridized carbons (Fsp3) is 0.192. The highest BCUT2D eigenvalue weighted by atomic mass is 32.1. The SMILES string of the molecule is Cc1ccccc1N1C(=O)/C(=C/c2cc(C)n(-c3ccc(N(C)C)cc3)c2C)C(=O)NC1=S. The molecule has 1 aliphatic heterocycles. The third-order valence-corrected chi connectivity index (χ3v) is 6.14. The Bertz CT molecular complexity index is 1300. The zero-order chi connectivity index (χ0) is 23.9. The summed E-state index contributed by atoms with van der Waals surface area (Å²) in [6, 6.07) is 17.7. The summed E-state index contributed by atoms with van der Waals surface area (Å²) >= 11 is 5.32. The highest BCUT2D eigenvalue weighted by molar-refractivity contribution is 7.80. The van der Waals surface area contributed by atoms with E-state index in [1.807, 2.05) is 70.1 Å². The summed E-state index contributed by atoms with van der Waals surface area (Å²) in [6.45, 7) is 5.89. The van der Waals surface area contributed by atoms with Gasteiger partial charge in [-0.2, -0.15) is 0 Å². The molecule has 1 aliphatic rings. The number of nitrogens with zero attached hydrogens (tertiary/aromatic N) is 3. The Morgan fingerprint density at radius 1 is 0.970 bits per heavy atom. The highest BCUT2D eigenvalue weighted by Gasteiger charge is 2.35. The number of benzene rings is 2. The number of hydrogen-bond donors (Lipinski definition) is 1. The molecule has 4 rings (SSSR count). The second kappa shape index (κ2) is 8.67. The Morgan fingerprint density at radius 2 is 1.64 bits per heavy atom. The number of para-hydroxylation sites is 1. The lowest BCUT2D eigenvalue weighted by Crippen LogP contribution is -2.54. The number of aromatic nitrogens is 1. The molecule has 1 aromatic heterocycles. The number of hydrogen-bond acceptors (Lipinski definition) is 4. The molecule has 3 aromatic rings. The van der Waals surface area contributed by atoms with E-state index in [1.165, 1.54) is 4.90 Å².